The van der Waals surface area contributed by atoms with Gasteiger partial charge < -0.3 is 0 Å². The number of benzene rings is 2. The summed E-state index contributed by atoms with van der Waals surface area (Å²) in [5.74, 6) is 0. The van der Waals surface area contributed by atoms with Gasteiger partial charge in [0, 0.05) is 2.74 Å². The SMILES string of the molecule is [2H]C(=C1C=C[CH-]C=C1)/C([CH-]c1cc(C)cc(C)c1)=C(/[2H])c1ccccc1.[Li+].[Li+]. The van der Waals surface area contributed by atoms with Crippen LogP contribution in [0.1, 0.15) is 25.0 Å². The summed E-state index contributed by atoms with van der Waals surface area (Å²) >= 11 is 0. The number of aryl methyl sites for hydroxylation is 2. The van der Waals surface area contributed by atoms with Crippen LogP contribution in [0.2, 0.25) is 0 Å². The van der Waals surface area contributed by atoms with Crippen molar-refractivity contribution >= 4 is 6.05 Å². The minimum Gasteiger partial charge on any atom is -0.173 e. The first-order chi connectivity index (χ1) is 12.5. The third kappa shape index (κ3) is 6.92. The van der Waals surface area contributed by atoms with E-state index in [9.17, 15) is 0 Å². The summed E-state index contributed by atoms with van der Waals surface area (Å²) in [4.78, 5) is 0. The molecule has 0 unspecified atom stereocenters. The molecule has 0 heterocycles. The minimum absolute atomic E-state index is 0. The Kier molecular flexibility index (Phi) is 8.18. The quantitative estimate of drug-likeness (QED) is 0.556. The Balaban J connectivity index is 0.00000196. The van der Waals surface area contributed by atoms with Gasteiger partial charge in [0.1, 0.15) is 0 Å². The topological polar surface area (TPSA) is 0 Å². The number of rotatable bonds is 4. The van der Waals surface area contributed by atoms with Gasteiger partial charge in [-0.05, 0) is 13.8 Å². The van der Waals surface area contributed by atoms with Crippen LogP contribution in [-0.4, -0.2) is 0 Å². The average molecular weight is 326 g/mol. The fourth-order valence-corrected chi connectivity index (χ4v) is 2.72. The van der Waals surface area contributed by atoms with Crippen LogP contribution in [0.15, 0.2) is 90.0 Å². The Morgan fingerprint density at radius 2 is 1.58 bits per heavy atom. The van der Waals surface area contributed by atoms with E-state index in [1.165, 1.54) is 11.1 Å². The van der Waals surface area contributed by atoms with Crippen molar-refractivity contribution in [1.29, 1.82) is 0 Å². The van der Waals surface area contributed by atoms with E-state index in [0.717, 1.165) is 16.7 Å². The van der Waals surface area contributed by atoms with E-state index in [1.807, 2.05) is 67.5 Å². The number of allylic oxidation sites excluding steroid dienone is 7. The van der Waals surface area contributed by atoms with Gasteiger partial charge in [0.05, 0.1) is 0 Å². The second-order valence-corrected chi connectivity index (χ2v) is 5.96. The molecule has 0 spiro atoms. The molecule has 0 saturated heterocycles. The van der Waals surface area contributed by atoms with Gasteiger partial charge in [-0.3, -0.25) is 0 Å². The summed E-state index contributed by atoms with van der Waals surface area (Å²) in [7, 11) is 0. The first-order valence-electron chi connectivity index (χ1n) is 9.13. The Bertz CT molecular complexity index is 889. The maximum absolute atomic E-state index is 8.71. The molecule has 0 bridgehead atoms. The van der Waals surface area contributed by atoms with Gasteiger partial charge in [0.25, 0.3) is 0 Å². The van der Waals surface area contributed by atoms with Crippen LogP contribution < -0.4 is 37.7 Å². The minimum atomic E-state index is 0. The van der Waals surface area contributed by atoms with E-state index in [1.54, 1.807) is 0 Å². The first kappa shape index (κ1) is 19.1. The summed E-state index contributed by atoms with van der Waals surface area (Å²) in [6, 6.07) is 16.6. The van der Waals surface area contributed by atoms with Crippen molar-refractivity contribution in [2.45, 2.75) is 13.8 Å². The van der Waals surface area contributed by atoms with Crippen LogP contribution in [0.4, 0.5) is 0 Å². The van der Waals surface area contributed by atoms with Crippen molar-refractivity contribution < 1.29 is 40.5 Å². The van der Waals surface area contributed by atoms with E-state index in [-0.39, 0.29) is 37.7 Å². The van der Waals surface area contributed by atoms with Gasteiger partial charge in [0.2, 0.25) is 0 Å². The Hall–Kier alpha value is -1.67. The molecule has 3 rings (SSSR count). The molecule has 2 heteroatoms. The van der Waals surface area contributed by atoms with Gasteiger partial charge >= 0.3 is 37.7 Å². The van der Waals surface area contributed by atoms with E-state index in [0.29, 0.717) is 17.7 Å². The molecule has 0 saturated carbocycles. The standard InChI is InChI=1S/C24H22.2Li/c1-19-13-20(2)15-23(14-19)18-24(16-21-9-5-3-6-10-21)17-22-11-7-4-8-12-22;;/h3-18H,1-2H3;;/q-2;2*+1/b24-16+;;/i16D,17D;;. The Morgan fingerprint density at radius 3 is 2.19 bits per heavy atom. The fourth-order valence-electron chi connectivity index (χ4n) is 2.72. The molecule has 0 amide bonds. The Morgan fingerprint density at radius 1 is 0.962 bits per heavy atom. The average Bonchev–Trinajstić information content (AvgIpc) is 2.66. The van der Waals surface area contributed by atoms with Gasteiger partial charge in [-0.15, -0.1) is 41.8 Å². The maximum atomic E-state index is 8.71. The van der Waals surface area contributed by atoms with Crippen molar-refractivity contribution in [3.8, 4) is 0 Å². The zero-order valence-electron chi connectivity index (χ0n) is 18.1. The molecule has 0 N–H and O–H groups in total. The van der Waals surface area contributed by atoms with Gasteiger partial charge in [-0.25, -0.2) is 0 Å². The zero-order valence-corrected chi connectivity index (χ0v) is 16.1. The maximum Gasteiger partial charge on any atom is 1.00 e. The fraction of sp³-hybridized carbons (Fsp3) is 0.0833. The molecular weight excluding hydrogens is 302 g/mol. The summed E-state index contributed by atoms with van der Waals surface area (Å²) in [6.07, 6.45) is 11.6. The van der Waals surface area contributed by atoms with Gasteiger partial charge in [0.15, 0.2) is 0 Å². The molecule has 0 nitrogen and oxygen atoms in total. The molecule has 0 aliphatic heterocycles. The van der Waals surface area contributed by atoms with Crippen LogP contribution in [0, 0.1) is 26.7 Å². The summed E-state index contributed by atoms with van der Waals surface area (Å²) in [5.41, 5.74) is 5.60. The molecule has 26 heavy (non-hydrogen) atoms. The van der Waals surface area contributed by atoms with Crippen LogP contribution in [0.5, 0.6) is 0 Å². The van der Waals surface area contributed by atoms with Gasteiger partial charge in [-0.1, -0.05) is 53.1 Å². The van der Waals surface area contributed by atoms with Gasteiger partial charge in [-0.2, -0.15) is 36.3 Å². The zero-order chi connectivity index (χ0) is 18.5. The molecular formula is C24H22Li2. The normalized spacial score (nSPS) is 14.0. The molecule has 1 aliphatic rings. The van der Waals surface area contributed by atoms with Crippen LogP contribution in [0.3, 0.4) is 0 Å². The van der Waals surface area contributed by atoms with Crippen molar-refractivity contribution in [2.75, 3.05) is 0 Å². The van der Waals surface area contributed by atoms with Crippen molar-refractivity contribution in [3.63, 3.8) is 0 Å². The number of hydrogen-bond acceptors (Lipinski definition) is 0. The predicted octanol–water partition coefficient (Wildman–Crippen LogP) is 0.204. The van der Waals surface area contributed by atoms with Crippen molar-refractivity contribution in [3.05, 3.63) is 125 Å². The largest absolute Gasteiger partial charge is 1.00 e. The number of hydrogen-bond donors (Lipinski definition) is 0. The summed E-state index contributed by atoms with van der Waals surface area (Å²) in [6.45, 7) is 4.13. The Labute approximate surface area is 185 Å². The van der Waals surface area contributed by atoms with E-state index < -0.39 is 0 Å². The monoisotopic (exact) mass is 326 g/mol. The molecule has 2 aromatic rings. The van der Waals surface area contributed by atoms with Crippen LogP contribution in [0.25, 0.3) is 6.05 Å². The summed E-state index contributed by atoms with van der Waals surface area (Å²) < 4.78 is 17.4. The smallest absolute Gasteiger partial charge is 0.173 e. The second-order valence-electron chi connectivity index (χ2n) is 5.96. The van der Waals surface area contributed by atoms with Crippen LogP contribution in [-0.2, 0) is 0 Å². The molecule has 2 aromatic carbocycles. The molecule has 0 radical (unpaired) electrons. The predicted molar refractivity (Wildman–Crippen MR) is 104 cm³/mol. The summed E-state index contributed by atoms with van der Waals surface area (Å²) in [5, 5.41) is 0. The molecule has 120 valence electrons. The van der Waals surface area contributed by atoms with E-state index >= 15 is 0 Å². The van der Waals surface area contributed by atoms with E-state index in [4.69, 9.17) is 2.74 Å². The van der Waals surface area contributed by atoms with E-state index in [2.05, 4.69) is 32.0 Å². The first-order valence-corrected chi connectivity index (χ1v) is 8.13. The van der Waals surface area contributed by atoms with Crippen molar-refractivity contribution in [2.24, 2.45) is 0 Å². The van der Waals surface area contributed by atoms with Crippen molar-refractivity contribution in [1.82, 2.24) is 0 Å². The molecule has 0 aromatic heterocycles. The molecule has 0 fully saturated rings. The molecule has 1 aliphatic carbocycles. The van der Waals surface area contributed by atoms with Crippen LogP contribution >= 0.6 is 0 Å². The third-order valence-corrected chi connectivity index (χ3v) is 3.66. The second kappa shape index (κ2) is 11.1. The third-order valence-electron chi connectivity index (χ3n) is 3.66. The molecule has 0 atom stereocenters.